The molecular formula is C82H160O17P2. The van der Waals surface area contributed by atoms with Crippen LogP contribution in [0.2, 0.25) is 0 Å². The highest BCUT2D eigenvalue weighted by Gasteiger charge is 2.30. The number of hydrogen-bond acceptors (Lipinski definition) is 15. The van der Waals surface area contributed by atoms with Crippen molar-refractivity contribution in [3.8, 4) is 0 Å². The van der Waals surface area contributed by atoms with Crippen molar-refractivity contribution in [1.82, 2.24) is 0 Å². The molecule has 0 fully saturated rings. The number of esters is 4. The van der Waals surface area contributed by atoms with Crippen LogP contribution in [0.25, 0.3) is 0 Å². The molecule has 0 aromatic heterocycles. The van der Waals surface area contributed by atoms with E-state index in [1.54, 1.807) is 0 Å². The topological polar surface area (TPSA) is 237 Å². The lowest BCUT2D eigenvalue weighted by molar-refractivity contribution is -0.161. The maximum Gasteiger partial charge on any atom is 0.472 e. The van der Waals surface area contributed by atoms with Gasteiger partial charge in [-0.2, -0.15) is 0 Å². The molecular weight excluding hydrogens is 1320 g/mol. The summed E-state index contributed by atoms with van der Waals surface area (Å²) in [6, 6.07) is 0. The van der Waals surface area contributed by atoms with Crippen LogP contribution < -0.4 is 0 Å². The van der Waals surface area contributed by atoms with Crippen LogP contribution in [0.5, 0.6) is 0 Å². The fourth-order valence-corrected chi connectivity index (χ4v) is 14.2. The molecule has 0 aliphatic carbocycles. The van der Waals surface area contributed by atoms with Crippen molar-refractivity contribution >= 4 is 39.5 Å². The van der Waals surface area contributed by atoms with E-state index in [9.17, 15) is 43.2 Å². The average molecular weight is 1480 g/mol. The van der Waals surface area contributed by atoms with Crippen LogP contribution in [0.3, 0.4) is 0 Å². The van der Waals surface area contributed by atoms with Crippen LogP contribution in [-0.4, -0.2) is 96.7 Å². The number of aliphatic hydroxyl groups is 1. The van der Waals surface area contributed by atoms with Gasteiger partial charge >= 0.3 is 39.5 Å². The zero-order chi connectivity index (χ0) is 74.4. The Morgan fingerprint density at radius 2 is 0.505 bits per heavy atom. The largest absolute Gasteiger partial charge is 0.472 e. The van der Waals surface area contributed by atoms with Gasteiger partial charge in [0.05, 0.1) is 26.4 Å². The Labute approximate surface area is 619 Å². The summed E-state index contributed by atoms with van der Waals surface area (Å²) in [5.41, 5.74) is 0. The number of phosphoric acid groups is 2. The number of phosphoric ester groups is 2. The Balaban J connectivity index is 5.22. The summed E-state index contributed by atoms with van der Waals surface area (Å²) >= 11 is 0. The second-order valence-electron chi connectivity index (χ2n) is 30.5. The molecule has 101 heavy (non-hydrogen) atoms. The smallest absolute Gasteiger partial charge is 0.462 e. The van der Waals surface area contributed by atoms with Crippen molar-refractivity contribution in [3.05, 3.63) is 0 Å². The third kappa shape index (κ3) is 73.4. The minimum atomic E-state index is -4.96. The van der Waals surface area contributed by atoms with Crippen molar-refractivity contribution in [2.45, 2.75) is 446 Å². The Bertz CT molecular complexity index is 1960. The number of carbonyl (C=O) groups excluding carboxylic acids is 4. The molecule has 19 heteroatoms. The molecule has 0 bridgehead atoms. The molecule has 0 saturated heterocycles. The van der Waals surface area contributed by atoms with Crippen LogP contribution in [-0.2, 0) is 65.4 Å². The first-order valence-electron chi connectivity index (χ1n) is 42.4. The van der Waals surface area contributed by atoms with Crippen LogP contribution in [0.1, 0.15) is 427 Å². The molecule has 0 amide bonds. The predicted molar refractivity (Wildman–Crippen MR) is 414 cm³/mol. The highest BCUT2D eigenvalue weighted by atomic mass is 31.2. The van der Waals surface area contributed by atoms with E-state index < -0.39 is 97.5 Å². The highest BCUT2D eigenvalue weighted by Crippen LogP contribution is 2.45. The lowest BCUT2D eigenvalue weighted by atomic mass is 9.99. The van der Waals surface area contributed by atoms with E-state index in [4.69, 9.17) is 37.0 Å². The fraction of sp³-hybridized carbons (Fsp3) is 0.951. The molecule has 600 valence electrons. The van der Waals surface area contributed by atoms with Gasteiger partial charge in [-0.15, -0.1) is 0 Å². The minimum Gasteiger partial charge on any atom is -0.462 e. The van der Waals surface area contributed by atoms with Crippen molar-refractivity contribution in [2.75, 3.05) is 39.6 Å². The monoisotopic (exact) mass is 1480 g/mol. The van der Waals surface area contributed by atoms with Gasteiger partial charge in [0.15, 0.2) is 12.2 Å². The van der Waals surface area contributed by atoms with Crippen LogP contribution in [0, 0.1) is 17.8 Å². The molecule has 7 atom stereocenters. The zero-order valence-corrected chi connectivity index (χ0v) is 68.2. The molecule has 17 nitrogen and oxygen atoms in total. The Hall–Kier alpha value is -1.94. The summed E-state index contributed by atoms with van der Waals surface area (Å²) in [5.74, 6) is 0.346. The molecule has 4 unspecified atom stereocenters. The van der Waals surface area contributed by atoms with Gasteiger partial charge in [0, 0.05) is 25.7 Å². The molecule has 0 heterocycles. The van der Waals surface area contributed by atoms with Crippen LogP contribution in [0.4, 0.5) is 0 Å². The fourth-order valence-electron chi connectivity index (χ4n) is 12.6. The molecule has 0 aliphatic rings. The van der Waals surface area contributed by atoms with E-state index in [1.165, 1.54) is 238 Å². The highest BCUT2D eigenvalue weighted by molar-refractivity contribution is 7.47. The molecule has 0 aromatic carbocycles. The van der Waals surface area contributed by atoms with E-state index in [0.29, 0.717) is 25.7 Å². The second kappa shape index (κ2) is 72.3. The third-order valence-corrected chi connectivity index (χ3v) is 21.8. The lowest BCUT2D eigenvalue weighted by Crippen LogP contribution is -2.30. The van der Waals surface area contributed by atoms with Gasteiger partial charge < -0.3 is 33.8 Å². The summed E-state index contributed by atoms with van der Waals surface area (Å²) in [5, 5.41) is 10.6. The molecule has 3 N–H and O–H groups in total. The maximum absolute atomic E-state index is 13.1. The first-order chi connectivity index (χ1) is 48.8. The van der Waals surface area contributed by atoms with Crippen LogP contribution >= 0.6 is 15.6 Å². The van der Waals surface area contributed by atoms with Gasteiger partial charge in [-0.1, -0.05) is 376 Å². The quantitative estimate of drug-likeness (QED) is 0.0222. The second-order valence-corrected chi connectivity index (χ2v) is 33.4. The van der Waals surface area contributed by atoms with Gasteiger partial charge in [-0.3, -0.25) is 37.3 Å². The average Bonchev–Trinajstić information content (AvgIpc) is 1.16. The van der Waals surface area contributed by atoms with E-state index in [-0.39, 0.29) is 25.7 Å². The predicted octanol–water partition coefficient (Wildman–Crippen LogP) is 24.5. The van der Waals surface area contributed by atoms with Gasteiger partial charge in [0.2, 0.25) is 0 Å². The standard InChI is InChI=1S/C82H160O17P2/c1-8-11-12-13-14-15-35-42-49-56-63-79(84)92-69-77(99-82(87)66-59-52-45-38-31-30-34-41-48-55-62-75(7)10-3)71-96-100(88,89)94-67-76(83)68-95-101(90,91)97-72-78(70-93-80(85)64-57-50-43-36-28-25-24-26-32-39-46-53-60-73(4)5)98-81(86)65-58-51-44-37-29-23-21-19-17-16-18-20-22-27-33-40-47-54-61-74(6)9-2/h73-78,83H,8-72H2,1-7H3,(H,88,89)(H,90,91)/t74?,75?,76-,77+,78+/m0/s1. The number of ether oxygens (including phenoxy) is 4. The SMILES string of the molecule is CCCCCCCCCCCCC(=O)OC[C@H](COP(=O)(O)OC[C@H](O)COP(=O)(O)OC[C@@H](COC(=O)CCCCCCCCCCCCCCC(C)C)OC(=O)CCCCCCCCCCCCCCCCCCCCC(C)CC)OC(=O)CCCCCCCCCCCCC(C)CC. The molecule has 0 saturated carbocycles. The summed E-state index contributed by atoms with van der Waals surface area (Å²) in [6.45, 7) is 12.0. The number of unbranched alkanes of at least 4 members (excludes halogenated alkanes) is 46. The van der Waals surface area contributed by atoms with Crippen molar-refractivity contribution in [1.29, 1.82) is 0 Å². The molecule has 0 spiro atoms. The summed E-state index contributed by atoms with van der Waals surface area (Å²) in [7, 11) is -9.92. The summed E-state index contributed by atoms with van der Waals surface area (Å²) in [6.07, 6.45) is 60.9. The normalized spacial score (nSPS) is 14.5. The third-order valence-electron chi connectivity index (χ3n) is 19.9. The van der Waals surface area contributed by atoms with E-state index in [0.717, 1.165) is 108 Å². The van der Waals surface area contributed by atoms with Gasteiger partial charge in [-0.05, 0) is 43.4 Å². The number of hydrogen-bond donors (Lipinski definition) is 3. The first-order valence-corrected chi connectivity index (χ1v) is 45.4. The zero-order valence-electron chi connectivity index (χ0n) is 66.4. The van der Waals surface area contributed by atoms with Gasteiger partial charge in [0.1, 0.15) is 19.3 Å². The van der Waals surface area contributed by atoms with Gasteiger partial charge in [-0.25, -0.2) is 9.13 Å². The lowest BCUT2D eigenvalue weighted by Gasteiger charge is -2.21. The van der Waals surface area contributed by atoms with E-state index >= 15 is 0 Å². The number of carbonyl (C=O) groups is 4. The minimum absolute atomic E-state index is 0.106. The molecule has 0 radical (unpaired) electrons. The van der Waals surface area contributed by atoms with Crippen molar-refractivity contribution in [2.24, 2.45) is 17.8 Å². The van der Waals surface area contributed by atoms with E-state index in [2.05, 4.69) is 48.5 Å². The molecule has 0 rings (SSSR count). The molecule has 0 aromatic rings. The number of rotatable bonds is 80. The summed E-state index contributed by atoms with van der Waals surface area (Å²) in [4.78, 5) is 73.0. The maximum atomic E-state index is 13.1. The Morgan fingerprint density at radius 3 is 0.752 bits per heavy atom. The number of aliphatic hydroxyl groups excluding tert-OH is 1. The van der Waals surface area contributed by atoms with Crippen LogP contribution in [0.15, 0.2) is 0 Å². The Kier molecular flexibility index (Phi) is 70.9. The van der Waals surface area contributed by atoms with Crippen molar-refractivity contribution in [3.63, 3.8) is 0 Å². The Morgan fingerprint density at radius 1 is 0.287 bits per heavy atom. The molecule has 0 aliphatic heterocycles. The van der Waals surface area contributed by atoms with Gasteiger partial charge in [0.25, 0.3) is 0 Å². The van der Waals surface area contributed by atoms with E-state index in [1.807, 2.05) is 0 Å². The first kappa shape index (κ1) is 99.1. The van der Waals surface area contributed by atoms with Crippen molar-refractivity contribution < 1.29 is 80.2 Å². The summed E-state index contributed by atoms with van der Waals surface area (Å²) < 4.78 is 68.7.